The second kappa shape index (κ2) is 5.42. The summed E-state index contributed by atoms with van der Waals surface area (Å²) in [6.45, 7) is 2.31. The van der Waals surface area contributed by atoms with Crippen LogP contribution in [-0.2, 0) is 10.0 Å². The molecule has 0 heterocycles. The Bertz CT molecular complexity index is 641. The zero-order valence-electron chi connectivity index (χ0n) is 10.9. The van der Waals surface area contributed by atoms with Crippen molar-refractivity contribution in [3.05, 3.63) is 32.8 Å². The minimum Gasteiger partial charge on any atom is -0.258 e. The highest BCUT2D eigenvalue weighted by Crippen LogP contribution is 2.40. The maximum atomic E-state index is 12.3. The molecular weight excluding hydrogens is 348 g/mol. The average molecular weight is 363 g/mol. The van der Waals surface area contributed by atoms with Crippen LogP contribution in [0.3, 0.4) is 0 Å². The third-order valence-electron chi connectivity index (χ3n) is 3.66. The van der Waals surface area contributed by atoms with E-state index in [1.165, 1.54) is 18.2 Å². The normalized spacial score (nSPS) is 17.5. The Morgan fingerprint density at radius 1 is 1.45 bits per heavy atom. The molecule has 1 aliphatic rings. The summed E-state index contributed by atoms with van der Waals surface area (Å²) in [4.78, 5) is 9.95. The largest absolute Gasteiger partial charge is 0.289 e. The maximum absolute atomic E-state index is 12.3. The van der Waals surface area contributed by atoms with Crippen LogP contribution in [0.5, 0.6) is 0 Å². The summed E-state index contributed by atoms with van der Waals surface area (Å²) >= 11 is 3.14. The van der Waals surface area contributed by atoms with Crippen molar-refractivity contribution in [3.8, 4) is 0 Å². The van der Waals surface area contributed by atoms with Crippen molar-refractivity contribution in [2.45, 2.75) is 31.1 Å². The van der Waals surface area contributed by atoms with Gasteiger partial charge in [0.25, 0.3) is 5.69 Å². The molecule has 0 bridgehead atoms. The molecule has 110 valence electrons. The highest BCUT2D eigenvalue weighted by atomic mass is 79.9. The molecule has 1 aromatic carbocycles. The summed E-state index contributed by atoms with van der Waals surface area (Å²) < 4.78 is 27.5. The molecule has 0 unspecified atom stereocenters. The van der Waals surface area contributed by atoms with E-state index in [1.54, 1.807) is 0 Å². The highest BCUT2D eigenvalue weighted by molar-refractivity contribution is 9.10. The lowest BCUT2D eigenvalue weighted by molar-refractivity contribution is -0.387. The first-order chi connectivity index (χ1) is 9.23. The molecule has 0 radical (unpaired) electrons. The van der Waals surface area contributed by atoms with Gasteiger partial charge in [0.1, 0.15) is 0 Å². The van der Waals surface area contributed by atoms with Gasteiger partial charge in [-0.3, -0.25) is 10.1 Å². The van der Waals surface area contributed by atoms with Gasteiger partial charge < -0.3 is 0 Å². The number of benzene rings is 1. The molecule has 0 aliphatic heterocycles. The minimum absolute atomic E-state index is 0.0339. The molecule has 1 saturated carbocycles. The maximum Gasteiger partial charge on any atom is 0.289 e. The number of nitro groups is 1. The summed E-state index contributed by atoms with van der Waals surface area (Å²) in [5.74, 6) is 0. The third-order valence-corrected chi connectivity index (χ3v) is 5.58. The van der Waals surface area contributed by atoms with Crippen molar-refractivity contribution in [3.63, 3.8) is 0 Å². The zero-order chi connectivity index (χ0) is 15.0. The molecule has 1 aromatic rings. The summed E-state index contributed by atoms with van der Waals surface area (Å²) in [7, 11) is -3.89. The summed E-state index contributed by atoms with van der Waals surface area (Å²) in [5.41, 5.74) is -0.451. The topological polar surface area (TPSA) is 89.3 Å². The first kappa shape index (κ1) is 15.4. The molecule has 0 atom stereocenters. The van der Waals surface area contributed by atoms with Crippen molar-refractivity contribution < 1.29 is 13.3 Å². The van der Waals surface area contributed by atoms with E-state index in [1.807, 2.05) is 6.92 Å². The Kier molecular flexibility index (Phi) is 4.17. The van der Waals surface area contributed by atoms with Gasteiger partial charge >= 0.3 is 0 Å². The molecule has 2 rings (SSSR count). The van der Waals surface area contributed by atoms with Crippen LogP contribution in [0, 0.1) is 15.5 Å². The number of nitro benzene ring substituents is 1. The summed E-state index contributed by atoms with van der Waals surface area (Å²) in [6.07, 6.45) is 3.03. The summed E-state index contributed by atoms with van der Waals surface area (Å²) in [5, 5.41) is 10.9. The van der Waals surface area contributed by atoms with E-state index >= 15 is 0 Å². The fourth-order valence-corrected chi connectivity index (χ4v) is 4.06. The molecule has 0 spiro atoms. The Balaban J connectivity index is 2.28. The van der Waals surface area contributed by atoms with Crippen molar-refractivity contribution in [1.29, 1.82) is 0 Å². The van der Waals surface area contributed by atoms with Gasteiger partial charge in [0.05, 0.1) is 4.92 Å². The van der Waals surface area contributed by atoms with Gasteiger partial charge in [0, 0.05) is 17.1 Å². The predicted molar refractivity (Wildman–Crippen MR) is 77.9 cm³/mol. The Hall–Kier alpha value is -0.990. The number of sulfonamides is 1. The first-order valence-electron chi connectivity index (χ1n) is 6.17. The van der Waals surface area contributed by atoms with Gasteiger partial charge in [-0.2, -0.15) is 0 Å². The lowest BCUT2D eigenvalue weighted by Gasteiger charge is -2.38. The van der Waals surface area contributed by atoms with Crippen LogP contribution in [0.1, 0.15) is 26.2 Å². The van der Waals surface area contributed by atoms with E-state index in [9.17, 15) is 18.5 Å². The van der Waals surface area contributed by atoms with Gasteiger partial charge in [-0.05, 0) is 30.4 Å². The van der Waals surface area contributed by atoms with Crippen LogP contribution in [0.2, 0.25) is 0 Å². The number of hydrogen-bond acceptors (Lipinski definition) is 4. The molecule has 0 aromatic heterocycles. The fraction of sp³-hybridized carbons (Fsp3) is 0.500. The molecule has 0 saturated heterocycles. The number of nitrogens with one attached hydrogen (secondary N) is 1. The highest BCUT2D eigenvalue weighted by Gasteiger charge is 2.34. The first-order valence-corrected chi connectivity index (χ1v) is 8.45. The molecule has 0 amide bonds. The number of rotatable bonds is 5. The number of hydrogen-bond donors (Lipinski definition) is 1. The molecule has 1 N–H and O–H groups in total. The van der Waals surface area contributed by atoms with E-state index in [-0.39, 0.29) is 10.3 Å². The number of halogens is 1. The molecule has 1 fully saturated rings. The Morgan fingerprint density at radius 2 is 2.10 bits per heavy atom. The van der Waals surface area contributed by atoms with Crippen molar-refractivity contribution in [1.82, 2.24) is 4.72 Å². The monoisotopic (exact) mass is 362 g/mol. The Morgan fingerprint density at radius 3 is 2.60 bits per heavy atom. The predicted octanol–water partition coefficient (Wildman–Crippen LogP) is 2.83. The van der Waals surface area contributed by atoms with Crippen molar-refractivity contribution in [2.24, 2.45) is 5.41 Å². The van der Waals surface area contributed by atoms with Crippen LogP contribution >= 0.6 is 15.9 Å². The second-order valence-corrected chi connectivity index (χ2v) is 8.01. The van der Waals surface area contributed by atoms with Crippen LogP contribution < -0.4 is 4.72 Å². The SMILES string of the molecule is CC1(CNS(=O)(=O)c2cc(Br)ccc2[N+](=O)[O-])CCC1. The van der Waals surface area contributed by atoms with Crippen LogP contribution in [0.4, 0.5) is 5.69 Å². The van der Waals surface area contributed by atoms with E-state index < -0.39 is 20.6 Å². The second-order valence-electron chi connectivity index (χ2n) is 5.36. The Labute approximate surface area is 125 Å². The van der Waals surface area contributed by atoms with Crippen molar-refractivity contribution >= 4 is 31.6 Å². The van der Waals surface area contributed by atoms with Gasteiger partial charge in [0.15, 0.2) is 4.90 Å². The van der Waals surface area contributed by atoms with Gasteiger partial charge in [-0.25, -0.2) is 13.1 Å². The molecule has 1 aliphatic carbocycles. The van der Waals surface area contributed by atoms with Gasteiger partial charge in [0.2, 0.25) is 10.0 Å². The van der Waals surface area contributed by atoms with Gasteiger partial charge in [-0.15, -0.1) is 0 Å². The molecular formula is C12H15BrN2O4S. The minimum atomic E-state index is -3.89. The van der Waals surface area contributed by atoms with Crippen LogP contribution in [0.15, 0.2) is 27.6 Å². The van der Waals surface area contributed by atoms with E-state index in [0.717, 1.165) is 19.3 Å². The molecule has 20 heavy (non-hydrogen) atoms. The zero-order valence-corrected chi connectivity index (χ0v) is 13.3. The van der Waals surface area contributed by atoms with E-state index in [0.29, 0.717) is 11.0 Å². The summed E-state index contributed by atoms with van der Waals surface area (Å²) in [6, 6.07) is 3.89. The quantitative estimate of drug-likeness (QED) is 0.644. The van der Waals surface area contributed by atoms with E-state index in [4.69, 9.17) is 0 Å². The van der Waals surface area contributed by atoms with Crippen molar-refractivity contribution in [2.75, 3.05) is 6.54 Å². The third kappa shape index (κ3) is 3.18. The lowest BCUT2D eigenvalue weighted by atomic mass is 9.71. The van der Waals surface area contributed by atoms with Gasteiger partial charge in [-0.1, -0.05) is 29.3 Å². The van der Waals surface area contributed by atoms with E-state index in [2.05, 4.69) is 20.7 Å². The number of nitrogens with zero attached hydrogens (tertiary/aromatic N) is 1. The smallest absolute Gasteiger partial charge is 0.258 e. The molecule has 8 heteroatoms. The van der Waals surface area contributed by atoms with Crippen LogP contribution in [0.25, 0.3) is 0 Å². The standard InChI is InChI=1S/C12H15BrN2O4S/c1-12(5-2-6-12)8-14-20(18,19)11-7-9(13)3-4-10(11)15(16)17/h3-4,7,14H,2,5-6,8H2,1H3. The lowest BCUT2D eigenvalue weighted by Crippen LogP contribution is -2.40. The average Bonchev–Trinajstić information content (AvgIpc) is 2.33. The fourth-order valence-electron chi connectivity index (χ4n) is 2.16. The molecule has 6 nitrogen and oxygen atoms in total. The van der Waals surface area contributed by atoms with Crippen LogP contribution in [-0.4, -0.2) is 19.9 Å².